The van der Waals surface area contributed by atoms with Crippen LogP contribution in [-0.4, -0.2) is 45.7 Å². The number of aromatic nitrogens is 1. The molecule has 2 atom stereocenters. The van der Waals surface area contributed by atoms with Gasteiger partial charge in [0.1, 0.15) is 12.6 Å². The standard InChI is InChI=1S/C25H25N3O2/c1-2-14-27-16-23(29)28-21(13-12-17-8-4-3-5-9-17)24-19(15-22(28)25(27)30)18-10-6-7-11-20(18)26-24/h2-11,21-22,26H,1,12-16H2. The monoisotopic (exact) mass is 399 g/mol. The fourth-order valence-electron chi connectivity index (χ4n) is 5.00. The van der Waals surface area contributed by atoms with Gasteiger partial charge >= 0.3 is 0 Å². The van der Waals surface area contributed by atoms with Crippen LogP contribution in [0.5, 0.6) is 0 Å². The van der Waals surface area contributed by atoms with E-state index in [0.717, 1.165) is 29.4 Å². The third-order valence-electron chi connectivity index (χ3n) is 6.36. The molecule has 0 bridgehead atoms. The predicted octanol–water partition coefficient (Wildman–Crippen LogP) is 3.62. The number of aromatic amines is 1. The maximum atomic E-state index is 13.3. The number of carbonyl (C=O) groups is 2. The van der Waals surface area contributed by atoms with Crippen LogP contribution in [0.1, 0.15) is 29.3 Å². The molecule has 1 aromatic heterocycles. The summed E-state index contributed by atoms with van der Waals surface area (Å²) in [5.41, 5.74) is 4.56. The molecule has 2 aliphatic heterocycles. The molecule has 2 amide bonds. The molecule has 2 aromatic carbocycles. The van der Waals surface area contributed by atoms with Crippen LogP contribution >= 0.6 is 0 Å². The largest absolute Gasteiger partial charge is 0.356 e. The van der Waals surface area contributed by atoms with Gasteiger partial charge < -0.3 is 14.8 Å². The van der Waals surface area contributed by atoms with E-state index in [0.29, 0.717) is 13.0 Å². The Hall–Kier alpha value is -3.34. The first-order chi connectivity index (χ1) is 14.7. The Morgan fingerprint density at radius 2 is 1.83 bits per heavy atom. The van der Waals surface area contributed by atoms with Gasteiger partial charge in [-0.3, -0.25) is 9.59 Å². The average molecular weight is 399 g/mol. The molecule has 30 heavy (non-hydrogen) atoms. The average Bonchev–Trinajstić information content (AvgIpc) is 3.14. The lowest BCUT2D eigenvalue weighted by Crippen LogP contribution is -2.62. The van der Waals surface area contributed by atoms with E-state index in [1.54, 1.807) is 11.0 Å². The number of H-pyrrole nitrogens is 1. The topological polar surface area (TPSA) is 56.4 Å². The number of hydrogen-bond donors (Lipinski definition) is 1. The van der Waals surface area contributed by atoms with Gasteiger partial charge in [-0.15, -0.1) is 6.58 Å². The van der Waals surface area contributed by atoms with Crippen molar-refractivity contribution in [2.75, 3.05) is 13.1 Å². The molecule has 1 fully saturated rings. The highest BCUT2D eigenvalue weighted by Gasteiger charge is 2.47. The molecule has 0 aliphatic carbocycles. The summed E-state index contributed by atoms with van der Waals surface area (Å²) in [5, 5.41) is 1.15. The Morgan fingerprint density at radius 3 is 2.63 bits per heavy atom. The molecule has 5 heteroatoms. The van der Waals surface area contributed by atoms with E-state index in [-0.39, 0.29) is 24.4 Å². The van der Waals surface area contributed by atoms with Gasteiger partial charge in [-0.2, -0.15) is 0 Å². The number of hydrogen-bond acceptors (Lipinski definition) is 2. The van der Waals surface area contributed by atoms with E-state index in [2.05, 4.69) is 35.8 Å². The normalized spacial score (nSPS) is 20.9. The number of rotatable bonds is 5. The van der Waals surface area contributed by atoms with Crippen molar-refractivity contribution in [3.8, 4) is 0 Å². The van der Waals surface area contributed by atoms with Crippen LogP contribution in [0.15, 0.2) is 67.3 Å². The number of aryl methyl sites for hydroxylation is 1. The molecule has 3 heterocycles. The molecule has 1 N–H and O–H groups in total. The van der Waals surface area contributed by atoms with E-state index in [9.17, 15) is 9.59 Å². The fourth-order valence-corrected chi connectivity index (χ4v) is 5.00. The van der Waals surface area contributed by atoms with Gasteiger partial charge in [0.25, 0.3) is 0 Å². The van der Waals surface area contributed by atoms with Crippen LogP contribution in [0.3, 0.4) is 0 Å². The zero-order valence-corrected chi connectivity index (χ0v) is 16.9. The van der Waals surface area contributed by atoms with Crippen molar-refractivity contribution >= 4 is 22.7 Å². The van der Waals surface area contributed by atoms with Crippen molar-refractivity contribution < 1.29 is 9.59 Å². The van der Waals surface area contributed by atoms with Crippen LogP contribution in [0.2, 0.25) is 0 Å². The number of benzene rings is 2. The third kappa shape index (κ3) is 3.02. The Balaban J connectivity index is 1.57. The second-order valence-corrected chi connectivity index (χ2v) is 8.13. The van der Waals surface area contributed by atoms with Crippen molar-refractivity contribution in [3.05, 3.63) is 84.1 Å². The molecule has 2 aliphatic rings. The number of para-hydroxylation sites is 1. The highest BCUT2D eigenvalue weighted by atomic mass is 16.2. The van der Waals surface area contributed by atoms with Crippen molar-refractivity contribution in [1.29, 1.82) is 0 Å². The van der Waals surface area contributed by atoms with Crippen LogP contribution in [0, 0.1) is 0 Å². The Morgan fingerprint density at radius 1 is 1.07 bits per heavy atom. The molecular weight excluding hydrogens is 374 g/mol. The van der Waals surface area contributed by atoms with Crippen molar-refractivity contribution in [2.24, 2.45) is 0 Å². The smallest absolute Gasteiger partial charge is 0.246 e. The first kappa shape index (κ1) is 18.7. The van der Waals surface area contributed by atoms with Crippen LogP contribution < -0.4 is 0 Å². The van der Waals surface area contributed by atoms with Crippen molar-refractivity contribution in [1.82, 2.24) is 14.8 Å². The predicted molar refractivity (Wildman–Crippen MR) is 117 cm³/mol. The Bertz CT molecular complexity index is 1120. The molecule has 0 spiro atoms. The summed E-state index contributed by atoms with van der Waals surface area (Å²) in [4.78, 5) is 33.5. The highest BCUT2D eigenvalue weighted by molar-refractivity contribution is 5.97. The summed E-state index contributed by atoms with van der Waals surface area (Å²) in [6, 6.07) is 17.9. The summed E-state index contributed by atoms with van der Waals surface area (Å²) in [6.45, 7) is 4.27. The number of piperazine rings is 1. The van der Waals surface area contributed by atoms with Crippen molar-refractivity contribution in [3.63, 3.8) is 0 Å². The third-order valence-corrected chi connectivity index (χ3v) is 6.36. The maximum Gasteiger partial charge on any atom is 0.246 e. The molecular formula is C25H25N3O2. The van der Waals surface area contributed by atoms with E-state index in [1.165, 1.54) is 11.1 Å². The van der Waals surface area contributed by atoms with Crippen molar-refractivity contribution in [2.45, 2.75) is 31.3 Å². The lowest BCUT2D eigenvalue weighted by atomic mass is 9.87. The quantitative estimate of drug-likeness (QED) is 0.666. The number of amides is 2. The molecule has 1 saturated heterocycles. The van der Waals surface area contributed by atoms with E-state index in [4.69, 9.17) is 0 Å². The zero-order valence-electron chi connectivity index (χ0n) is 16.9. The lowest BCUT2D eigenvalue weighted by molar-refractivity contribution is -0.159. The number of nitrogens with one attached hydrogen (secondary N) is 1. The van der Waals surface area contributed by atoms with Crippen LogP contribution in [0.4, 0.5) is 0 Å². The molecule has 3 aromatic rings. The zero-order chi connectivity index (χ0) is 20.7. The number of carbonyl (C=O) groups excluding carboxylic acids is 2. The minimum Gasteiger partial charge on any atom is -0.356 e. The van der Waals surface area contributed by atoms with Gasteiger partial charge in [-0.1, -0.05) is 54.6 Å². The van der Waals surface area contributed by atoms with Crippen LogP contribution in [0.25, 0.3) is 10.9 Å². The Labute approximate surface area is 176 Å². The molecule has 5 nitrogen and oxygen atoms in total. The molecule has 152 valence electrons. The summed E-state index contributed by atoms with van der Waals surface area (Å²) < 4.78 is 0. The fraction of sp³-hybridized carbons (Fsp3) is 0.280. The SMILES string of the molecule is C=CCN1CC(=O)N2C(Cc3c([nH]c4ccccc34)C2CCc2ccccc2)C1=O. The second kappa shape index (κ2) is 7.48. The van der Waals surface area contributed by atoms with Gasteiger partial charge in [-0.25, -0.2) is 0 Å². The summed E-state index contributed by atoms with van der Waals surface area (Å²) in [6.07, 6.45) is 3.87. The van der Waals surface area contributed by atoms with Gasteiger partial charge in [0.2, 0.25) is 11.8 Å². The lowest BCUT2D eigenvalue weighted by Gasteiger charge is -2.47. The highest BCUT2D eigenvalue weighted by Crippen LogP contribution is 2.41. The van der Waals surface area contributed by atoms with Gasteiger partial charge in [0.05, 0.1) is 6.04 Å². The first-order valence-electron chi connectivity index (χ1n) is 10.5. The Kier molecular flexibility index (Phi) is 4.66. The van der Waals surface area contributed by atoms with Crippen LogP contribution in [-0.2, 0) is 22.4 Å². The summed E-state index contributed by atoms with van der Waals surface area (Å²) in [7, 11) is 0. The molecule has 2 unspecified atom stereocenters. The summed E-state index contributed by atoms with van der Waals surface area (Å²) in [5.74, 6) is 0.0407. The number of nitrogens with zero attached hydrogens (tertiary/aromatic N) is 2. The maximum absolute atomic E-state index is 13.3. The van der Waals surface area contributed by atoms with E-state index >= 15 is 0 Å². The molecule has 0 saturated carbocycles. The minimum atomic E-state index is -0.446. The minimum absolute atomic E-state index is 0.0174. The van der Waals surface area contributed by atoms with E-state index in [1.807, 2.05) is 35.2 Å². The first-order valence-corrected chi connectivity index (χ1v) is 10.5. The van der Waals surface area contributed by atoms with E-state index < -0.39 is 6.04 Å². The molecule has 5 rings (SSSR count). The van der Waals surface area contributed by atoms with Gasteiger partial charge in [0.15, 0.2) is 0 Å². The summed E-state index contributed by atoms with van der Waals surface area (Å²) >= 11 is 0. The van der Waals surface area contributed by atoms with Gasteiger partial charge in [-0.05, 0) is 30.0 Å². The number of fused-ring (bicyclic) bond motifs is 4. The second-order valence-electron chi connectivity index (χ2n) is 8.13. The molecule has 0 radical (unpaired) electrons. The van der Waals surface area contributed by atoms with Gasteiger partial charge in [0, 0.05) is 29.6 Å².